The zero-order chi connectivity index (χ0) is 17.8. The van der Waals surface area contributed by atoms with Gasteiger partial charge in [-0.05, 0) is 34.5 Å². The highest BCUT2D eigenvalue weighted by Crippen LogP contribution is 2.24. The lowest BCUT2D eigenvalue weighted by molar-refractivity contribution is 0.413. The quantitative estimate of drug-likeness (QED) is 0.560. The fourth-order valence-electron chi connectivity index (χ4n) is 2.94. The third-order valence-corrected chi connectivity index (χ3v) is 4.33. The summed E-state index contributed by atoms with van der Waals surface area (Å²) in [6.45, 7) is 0.742. The summed E-state index contributed by atoms with van der Waals surface area (Å²) >= 11 is 0. The molecule has 0 spiro atoms. The highest BCUT2D eigenvalue weighted by Gasteiger charge is 2.03. The third kappa shape index (κ3) is 3.49. The molecule has 0 fully saturated rings. The maximum atomic E-state index is 5.25. The third-order valence-electron chi connectivity index (χ3n) is 4.33. The number of anilines is 1. The van der Waals surface area contributed by atoms with E-state index in [2.05, 4.69) is 63.8 Å². The van der Waals surface area contributed by atoms with Crippen molar-refractivity contribution in [2.75, 3.05) is 12.4 Å². The van der Waals surface area contributed by atoms with Crippen LogP contribution in [0, 0.1) is 0 Å². The predicted molar refractivity (Wildman–Crippen MR) is 105 cm³/mol. The van der Waals surface area contributed by atoms with Gasteiger partial charge in [-0.2, -0.15) is 0 Å². The number of rotatable bonds is 5. The number of nitrogens with zero attached hydrogens (tertiary/aromatic N) is 2. The van der Waals surface area contributed by atoms with E-state index in [1.807, 2.05) is 24.7 Å². The van der Waals surface area contributed by atoms with E-state index in [0.717, 1.165) is 29.1 Å². The molecule has 0 unspecified atom stereocenters. The zero-order valence-corrected chi connectivity index (χ0v) is 14.5. The van der Waals surface area contributed by atoms with Crippen molar-refractivity contribution in [2.45, 2.75) is 6.54 Å². The van der Waals surface area contributed by atoms with Crippen LogP contribution in [-0.4, -0.2) is 17.1 Å². The van der Waals surface area contributed by atoms with E-state index >= 15 is 0 Å². The second-order valence-corrected chi connectivity index (χ2v) is 6.11. The topological polar surface area (TPSA) is 47.0 Å². The van der Waals surface area contributed by atoms with Crippen molar-refractivity contribution in [1.29, 1.82) is 0 Å². The number of pyridine rings is 2. The van der Waals surface area contributed by atoms with Crippen molar-refractivity contribution in [2.24, 2.45) is 0 Å². The molecule has 0 atom stereocenters. The number of ether oxygens (including phenoxy) is 1. The van der Waals surface area contributed by atoms with Crippen molar-refractivity contribution in [1.82, 2.24) is 9.97 Å². The maximum Gasteiger partial charge on any atom is 0.137 e. The molecule has 0 aliphatic carbocycles. The number of aromatic nitrogens is 2. The molecule has 0 aliphatic rings. The van der Waals surface area contributed by atoms with Crippen LogP contribution in [0.3, 0.4) is 0 Å². The first-order valence-corrected chi connectivity index (χ1v) is 8.48. The van der Waals surface area contributed by atoms with Gasteiger partial charge in [-0.1, -0.05) is 36.4 Å². The predicted octanol–water partition coefficient (Wildman–Crippen LogP) is 4.92. The average Bonchev–Trinajstić information content (AvgIpc) is 2.72. The Morgan fingerprint density at radius 2 is 1.58 bits per heavy atom. The van der Waals surface area contributed by atoms with E-state index in [1.165, 1.54) is 16.3 Å². The molecule has 4 heteroatoms. The fraction of sp³-hybridized carbons (Fsp3) is 0.0909. The highest BCUT2D eigenvalue weighted by molar-refractivity contribution is 5.83. The van der Waals surface area contributed by atoms with Crippen molar-refractivity contribution in [3.63, 3.8) is 0 Å². The van der Waals surface area contributed by atoms with Gasteiger partial charge in [0.25, 0.3) is 0 Å². The summed E-state index contributed by atoms with van der Waals surface area (Å²) in [6, 6.07) is 18.9. The van der Waals surface area contributed by atoms with E-state index in [0.29, 0.717) is 0 Å². The normalized spacial score (nSPS) is 10.7. The molecule has 4 aromatic rings. The van der Waals surface area contributed by atoms with E-state index in [1.54, 1.807) is 13.3 Å². The largest absolute Gasteiger partial charge is 0.495 e. The van der Waals surface area contributed by atoms with Crippen LogP contribution in [-0.2, 0) is 6.54 Å². The van der Waals surface area contributed by atoms with Gasteiger partial charge in [0.2, 0.25) is 0 Å². The van der Waals surface area contributed by atoms with E-state index in [-0.39, 0.29) is 0 Å². The highest BCUT2D eigenvalue weighted by atomic mass is 16.5. The molecule has 2 heterocycles. The minimum absolute atomic E-state index is 0.733. The molecule has 0 aliphatic heterocycles. The first-order chi connectivity index (χ1) is 12.8. The maximum absolute atomic E-state index is 5.25. The second-order valence-electron chi connectivity index (χ2n) is 6.11. The van der Waals surface area contributed by atoms with Crippen LogP contribution in [0.4, 0.5) is 5.69 Å². The van der Waals surface area contributed by atoms with E-state index < -0.39 is 0 Å². The van der Waals surface area contributed by atoms with Crippen molar-refractivity contribution >= 4 is 16.5 Å². The summed E-state index contributed by atoms with van der Waals surface area (Å²) in [5.74, 6) is 0.733. The molecule has 4 rings (SSSR count). The number of hydrogen-bond donors (Lipinski definition) is 1. The van der Waals surface area contributed by atoms with Gasteiger partial charge in [0.05, 0.1) is 19.0 Å². The average molecular weight is 341 g/mol. The Hall–Kier alpha value is -3.40. The Balaban J connectivity index is 1.53. The van der Waals surface area contributed by atoms with Gasteiger partial charge in [0.15, 0.2) is 0 Å². The molecule has 2 aromatic heterocycles. The molecule has 26 heavy (non-hydrogen) atoms. The van der Waals surface area contributed by atoms with Gasteiger partial charge >= 0.3 is 0 Å². The Kier molecular flexibility index (Phi) is 4.48. The molecular weight excluding hydrogens is 322 g/mol. The number of fused-ring (bicyclic) bond motifs is 1. The molecule has 0 amide bonds. The summed E-state index contributed by atoms with van der Waals surface area (Å²) in [5, 5.41) is 5.96. The molecule has 4 nitrogen and oxygen atoms in total. The summed E-state index contributed by atoms with van der Waals surface area (Å²) < 4.78 is 5.25. The van der Waals surface area contributed by atoms with Gasteiger partial charge in [-0.15, -0.1) is 0 Å². The van der Waals surface area contributed by atoms with Crippen LogP contribution in [0.15, 0.2) is 79.4 Å². The second kappa shape index (κ2) is 7.23. The van der Waals surface area contributed by atoms with Crippen LogP contribution >= 0.6 is 0 Å². The van der Waals surface area contributed by atoms with Crippen LogP contribution in [0.1, 0.15) is 5.56 Å². The Bertz CT molecular complexity index is 1050. The van der Waals surface area contributed by atoms with Crippen LogP contribution < -0.4 is 10.1 Å². The summed E-state index contributed by atoms with van der Waals surface area (Å²) in [7, 11) is 1.64. The minimum atomic E-state index is 0.733. The molecule has 128 valence electrons. The first kappa shape index (κ1) is 16.1. The lowest BCUT2D eigenvalue weighted by Gasteiger charge is -2.09. The molecule has 0 saturated heterocycles. The number of nitrogens with one attached hydrogen (secondary N) is 1. The fourth-order valence-corrected chi connectivity index (χ4v) is 2.94. The molecule has 2 aromatic carbocycles. The Morgan fingerprint density at radius 3 is 2.42 bits per heavy atom. The van der Waals surface area contributed by atoms with Crippen LogP contribution in [0.25, 0.3) is 21.9 Å². The van der Waals surface area contributed by atoms with Gasteiger partial charge in [-0.3, -0.25) is 9.97 Å². The first-order valence-electron chi connectivity index (χ1n) is 8.48. The van der Waals surface area contributed by atoms with E-state index in [9.17, 15) is 0 Å². The van der Waals surface area contributed by atoms with Crippen molar-refractivity contribution in [3.05, 3.63) is 84.9 Å². The van der Waals surface area contributed by atoms with Crippen molar-refractivity contribution in [3.8, 4) is 16.9 Å². The Labute approximate surface area is 152 Å². The van der Waals surface area contributed by atoms with Gasteiger partial charge in [0, 0.05) is 36.3 Å². The lowest BCUT2D eigenvalue weighted by Crippen LogP contribution is -2.00. The number of benzene rings is 2. The molecule has 0 saturated carbocycles. The number of methoxy groups -OCH3 is 1. The molecule has 1 N–H and O–H groups in total. The van der Waals surface area contributed by atoms with Crippen LogP contribution in [0.5, 0.6) is 5.75 Å². The van der Waals surface area contributed by atoms with Gasteiger partial charge < -0.3 is 10.1 Å². The minimum Gasteiger partial charge on any atom is -0.495 e. The number of hydrogen-bond acceptors (Lipinski definition) is 4. The lowest BCUT2D eigenvalue weighted by atomic mass is 10.1. The van der Waals surface area contributed by atoms with Crippen LogP contribution in [0.2, 0.25) is 0 Å². The molecule has 0 bridgehead atoms. The monoisotopic (exact) mass is 341 g/mol. The zero-order valence-electron chi connectivity index (χ0n) is 14.5. The summed E-state index contributed by atoms with van der Waals surface area (Å²) in [4.78, 5) is 8.56. The molecular formula is C22H19N3O. The Morgan fingerprint density at radius 1 is 0.808 bits per heavy atom. The standard InChI is InChI=1S/C22H19N3O/c1-26-22-10-20(13-24-15-22)19-9-21(14-23-12-19)25-11-16-6-7-17-4-2-3-5-18(17)8-16/h2-10,12-15,25H,11H2,1H3. The smallest absolute Gasteiger partial charge is 0.137 e. The summed E-state index contributed by atoms with van der Waals surface area (Å²) in [6.07, 6.45) is 7.17. The SMILES string of the molecule is COc1cncc(-c2cncc(NCc3ccc4ccccc4c3)c2)c1. The van der Waals surface area contributed by atoms with E-state index in [4.69, 9.17) is 4.74 Å². The van der Waals surface area contributed by atoms with Crippen molar-refractivity contribution < 1.29 is 4.74 Å². The van der Waals surface area contributed by atoms with Gasteiger partial charge in [0.1, 0.15) is 5.75 Å². The summed E-state index contributed by atoms with van der Waals surface area (Å²) in [5.41, 5.74) is 4.18. The molecule has 0 radical (unpaired) electrons. The van der Waals surface area contributed by atoms with Gasteiger partial charge in [-0.25, -0.2) is 0 Å².